The fourth-order valence-corrected chi connectivity index (χ4v) is 3.43. The van der Waals surface area contributed by atoms with Crippen molar-refractivity contribution in [3.63, 3.8) is 0 Å². The Morgan fingerprint density at radius 2 is 1.75 bits per heavy atom. The minimum absolute atomic E-state index is 0.0948. The molecule has 0 heterocycles. The van der Waals surface area contributed by atoms with E-state index in [0.29, 0.717) is 11.8 Å². The van der Waals surface area contributed by atoms with E-state index in [9.17, 15) is 9.59 Å². The number of azo groups is 1. The van der Waals surface area contributed by atoms with Crippen LogP contribution in [0.3, 0.4) is 0 Å². The van der Waals surface area contributed by atoms with Gasteiger partial charge in [-0.2, -0.15) is 0 Å². The van der Waals surface area contributed by atoms with Gasteiger partial charge in [-0.3, -0.25) is 0 Å². The van der Waals surface area contributed by atoms with E-state index in [1.807, 2.05) is 12.1 Å². The van der Waals surface area contributed by atoms with Crippen molar-refractivity contribution in [3.8, 4) is 0 Å². The molecule has 6 nitrogen and oxygen atoms in total. The van der Waals surface area contributed by atoms with Crippen LogP contribution in [0.1, 0.15) is 36.8 Å². The number of carbonyl (C=O) groups excluding carboxylic acids is 2. The monoisotopic (exact) mass is 328 g/mol. The van der Waals surface area contributed by atoms with Crippen LogP contribution in [0.2, 0.25) is 0 Å². The van der Waals surface area contributed by atoms with Crippen molar-refractivity contribution in [3.05, 3.63) is 47.5 Å². The lowest BCUT2D eigenvalue weighted by Gasteiger charge is -2.18. The molecule has 24 heavy (non-hydrogen) atoms. The lowest BCUT2D eigenvalue weighted by atomic mass is 9.86. The van der Waals surface area contributed by atoms with E-state index in [0.717, 1.165) is 11.5 Å². The van der Waals surface area contributed by atoms with Crippen LogP contribution in [-0.2, 0) is 16.1 Å². The van der Waals surface area contributed by atoms with Gasteiger partial charge in [0.2, 0.25) is 0 Å². The summed E-state index contributed by atoms with van der Waals surface area (Å²) >= 11 is 0. The maximum Gasteiger partial charge on any atom is 0.452 e. The van der Waals surface area contributed by atoms with Crippen molar-refractivity contribution >= 4 is 12.2 Å². The molecular formula is C18H20N2O4. The van der Waals surface area contributed by atoms with Crippen molar-refractivity contribution in [2.24, 2.45) is 22.1 Å². The van der Waals surface area contributed by atoms with Crippen LogP contribution in [0, 0.1) is 11.8 Å². The van der Waals surface area contributed by atoms with Gasteiger partial charge in [0.1, 0.15) is 6.61 Å². The molecule has 0 spiro atoms. The maximum absolute atomic E-state index is 11.4. The quantitative estimate of drug-likeness (QED) is 0.597. The zero-order valence-corrected chi connectivity index (χ0v) is 13.6. The molecule has 2 bridgehead atoms. The Labute approximate surface area is 140 Å². The molecule has 0 aliphatic heterocycles. The third-order valence-electron chi connectivity index (χ3n) is 4.53. The first-order valence-corrected chi connectivity index (χ1v) is 8.18. The minimum atomic E-state index is -0.912. The SMILES string of the molecule is CCOC(=O)/N=N\C(=O)OCc1ccc(C2C[C@@H]3C=C[C@H]2C3)cc1. The Kier molecular flexibility index (Phi) is 5.03. The number of allylic oxidation sites excluding steroid dienone is 2. The maximum atomic E-state index is 11.4. The van der Waals surface area contributed by atoms with Crippen LogP contribution in [0.25, 0.3) is 0 Å². The van der Waals surface area contributed by atoms with Gasteiger partial charge in [0.05, 0.1) is 6.61 Å². The van der Waals surface area contributed by atoms with Gasteiger partial charge in [-0.05, 0) is 48.6 Å². The molecule has 3 atom stereocenters. The smallest absolute Gasteiger partial charge is 0.447 e. The Morgan fingerprint density at radius 1 is 1.04 bits per heavy atom. The summed E-state index contributed by atoms with van der Waals surface area (Å²) in [5, 5.41) is 6.24. The van der Waals surface area contributed by atoms with Crippen molar-refractivity contribution in [2.45, 2.75) is 32.3 Å². The second-order valence-electron chi connectivity index (χ2n) is 6.08. The summed E-state index contributed by atoms with van der Waals surface area (Å²) in [5.74, 6) is 2.02. The molecule has 1 aromatic carbocycles. The summed E-state index contributed by atoms with van der Waals surface area (Å²) in [7, 11) is 0. The molecule has 6 heteroatoms. The second-order valence-corrected chi connectivity index (χ2v) is 6.08. The fourth-order valence-electron chi connectivity index (χ4n) is 3.43. The fraction of sp³-hybridized carbons (Fsp3) is 0.444. The molecule has 2 aliphatic carbocycles. The van der Waals surface area contributed by atoms with Gasteiger partial charge < -0.3 is 9.47 Å². The molecule has 0 N–H and O–H groups in total. The van der Waals surface area contributed by atoms with Gasteiger partial charge in [0, 0.05) is 0 Å². The Hall–Kier alpha value is -2.50. The highest BCUT2D eigenvalue weighted by molar-refractivity contribution is 5.73. The number of hydrogen-bond acceptors (Lipinski definition) is 4. The molecule has 1 saturated carbocycles. The van der Waals surface area contributed by atoms with Gasteiger partial charge in [-0.1, -0.05) is 46.6 Å². The summed E-state index contributed by atoms with van der Waals surface area (Å²) in [6, 6.07) is 8.12. The summed E-state index contributed by atoms with van der Waals surface area (Å²) in [4.78, 5) is 22.3. The highest BCUT2D eigenvalue weighted by Crippen LogP contribution is 2.48. The van der Waals surface area contributed by atoms with Crippen LogP contribution >= 0.6 is 0 Å². The normalized spacial score (nSPS) is 24.5. The van der Waals surface area contributed by atoms with Crippen LogP contribution < -0.4 is 0 Å². The number of nitrogens with zero attached hydrogens (tertiary/aromatic N) is 2. The van der Waals surface area contributed by atoms with Gasteiger partial charge >= 0.3 is 12.2 Å². The zero-order chi connectivity index (χ0) is 16.9. The van der Waals surface area contributed by atoms with E-state index in [4.69, 9.17) is 4.74 Å². The molecule has 2 amide bonds. The zero-order valence-electron chi connectivity index (χ0n) is 13.6. The molecule has 126 valence electrons. The number of ether oxygens (including phenoxy) is 2. The van der Waals surface area contributed by atoms with Crippen molar-refractivity contribution in [1.82, 2.24) is 0 Å². The molecule has 1 aromatic rings. The number of rotatable bonds is 4. The van der Waals surface area contributed by atoms with Crippen molar-refractivity contribution < 1.29 is 19.1 Å². The second kappa shape index (κ2) is 7.38. The van der Waals surface area contributed by atoms with E-state index < -0.39 is 12.2 Å². The lowest BCUT2D eigenvalue weighted by molar-refractivity contribution is 0.144. The lowest BCUT2D eigenvalue weighted by Crippen LogP contribution is -2.05. The molecule has 2 aliphatic rings. The average molecular weight is 328 g/mol. The summed E-state index contributed by atoms with van der Waals surface area (Å²) in [6.45, 7) is 1.91. The first-order valence-electron chi connectivity index (χ1n) is 8.18. The predicted octanol–water partition coefficient (Wildman–Crippen LogP) is 4.61. The first-order chi connectivity index (χ1) is 11.7. The van der Waals surface area contributed by atoms with E-state index >= 15 is 0 Å². The van der Waals surface area contributed by atoms with Crippen LogP contribution in [-0.4, -0.2) is 18.8 Å². The topological polar surface area (TPSA) is 77.3 Å². The molecule has 0 radical (unpaired) electrons. The molecule has 1 unspecified atom stereocenters. The first kappa shape index (κ1) is 16.4. The van der Waals surface area contributed by atoms with Crippen molar-refractivity contribution in [1.29, 1.82) is 0 Å². The number of amides is 2. The standard InChI is InChI=1S/C18H20N2O4/c1-2-23-17(21)19-20-18(22)24-11-12-3-6-14(7-4-12)16-10-13-5-8-15(16)9-13/h3-8,13,15-16H,2,9-11H2,1H3/b20-19-/t13-,15+,16?/m1/s1. The number of hydrogen-bond donors (Lipinski definition) is 0. The van der Waals surface area contributed by atoms with E-state index in [2.05, 4.69) is 39.3 Å². The third-order valence-corrected chi connectivity index (χ3v) is 4.53. The Bertz CT molecular complexity index is 666. The number of fused-ring (bicyclic) bond motifs is 2. The average Bonchev–Trinajstić information content (AvgIpc) is 3.22. The summed E-state index contributed by atoms with van der Waals surface area (Å²) < 4.78 is 9.48. The van der Waals surface area contributed by atoms with Gasteiger partial charge in [-0.25, -0.2) is 9.59 Å². The molecular weight excluding hydrogens is 308 g/mol. The van der Waals surface area contributed by atoms with Gasteiger partial charge in [0.15, 0.2) is 0 Å². The number of carbonyl (C=O) groups is 2. The minimum Gasteiger partial charge on any atom is -0.447 e. The highest BCUT2D eigenvalue weighted by Gasteiger charge is 2.36. The molecule has 1 fully saturated rings. The summed E-state index contributed by atoms with van der Waals surface area (Å²) in [6.07, 6.45) is 5.35. The van der Waals surface area contributed by atoms with Crippen LogP contribution in [0.5, 0.6) is 0 Å². The third kappa shape index (κ3) is 3.88. The Balaban J connectivity index is 1.49. The van der Waals surface area contributed by atoms with Crippen LogP contribution in [0.4, 0.5) is 9.59 Å². The predicted molar refractivity (Wildman–Crippen MR) is 86.6 cm³/mol. The Morgan fingerprint density at radius 3 is 2.33 bits per heavy atom. The van der Waals surface area contributed by atoms with Crippen molar-refractivity contribution in [2.75, 3.05) is 6.61 Å². The van der Waals surface area contributed by atoms with Gasteiger partial charge in [-0.15, -0.1) is 0 Å². The van der Waals surface area contributed by atoms with E-state index in [-0.39, 0.29) is 13.2 Å². The van der Waals surface area contributed by atoms with E-state index in [1.165, 1.54) is 18.4 Å². The highest BCUT2D eigenvalue weighted by atomic mass is 16.6. The van der Waals surface area contributed by atoms with E-state index in [1.54, 1.807) is 6.92 Å². The summed E-state index contributed by atoms with van der Waals surface area (Å²) in [5.41, 5.74) is 2.21. The number of benzene rings is 1. The largest absolute Gasteiger partial charge is 0.452 e. The molecule has 3 rings (SSSR count). The molecule has 0 aromatic heterocycles. The molecule has 0 saturated heterocycles. The van der Waals surface area contributed by atoms with Gasteiger partial charge in [0.25, 0.3) is 0 Å². The van der Waals surface area contributed by atoms with Crippen LogP contribution in [0.15, 0.2) is 46.6 Å².